The van der Waals surface area contributed by atoms with Crippen molar-refractivity contribution in [2.45, 2.75) is 25.4 Å². The Balaban J connectivity index is 1.67. The van der Waals surface area contributed by atoms with Crippen molar-refractivity contribution in [3.63, 3.8) is 0 Å². The van der Waals surface area contributed by atoms with Crippen molar-refractivity contribution in [1.82, 2.24) is 15.1 Å². The van der Waals surface area contributed by atoms with Crippen LogP contribution in [0.25, 0.3) is 0 Å². The monoisotopic (exact) mass is 295 g/mol. The lowest BCUT2D eigenvalue weighted by Crippen LogP contribution is -2.45. The fraction of sp³-hybridized carbons (Fsp3) is 0.533. The molecule has 2 fully saturated rings. The number of hydrogen-bond donors (Lipinski definition) is 1. The van der Waals surface area contributed by atoms with Crippen LogP contribution in [0, 0.1) is 11.6 Å². The first-order valence-electron chi connectivity index (χ1n) is 7.36. The van der Waals surface area contributed by atoms with E-state index in [-0.39, 0.29) is 24.2 Å². The topological polar surface area (TPSA) is 35.6 Å². The molecule has 2 aliphatic heterocycles. The van der Waals surface area contributed by atoms with E-state index in [4.69, 9.17) is 0 Å². The molecule has 1 N–H and O–H groups in total. The predicted molar refractivity (Wildman–Crippen MR) is 74.8 cm³/mol. The number of benzene rings is 1. The van der Waals surface area contributed by atoms with E-state index in [0.29, 0.717) is 13.1 Å². The Labute approximate surface area is 122 Å². The van der Waals surface area contributed by atoms with Gasteiger partial charge in [-0.15, -0.1) is 0 Å². The van der Waals surface area contributed by atoms with Crippen LogP contribution < -0.4 is 5.32 Å². The summed E-state index contributed by atoms with van der Waals surface area (Å²) >= 11 is 0. The van der Waals surface area contributed by atoms with E-state index in [0.717, 1.165) is 32.0 Å². The van der Waals surface area contributed by atoms with Crippen molar-refractivity contribution >= 4 is 6.03 Å². The molecule has 1 aromatic carbocycles. The van der Waals surface area contributed by atoms with Gasteiger partial charge in [0, 0.05) is 24.7 Å². The Kier molecular flexibility index (Phi) is 4.05. The zero-order valence-electron chi connectivity index (χ0n) is 11.8. The van der Waals surface area contributed by atoms with Gasteiger partial charge in [0.1, 0.15) is 0 Å². The maximum Gasteiger partial charge on any atom is 0.320 e. The summed E-state index contributed by atoms with van der Waals surface area (Å²) in [5, 5.41) is 3.27. The summed E-state index contributed by atoms with van der Waals surface area (Å²) in [6, 6.07) is 4.29. The van der Waals surface area contributed by atoms with E-state index < -0.39 is 11.6 Å². The second-order valence-corrected chi connectivity index (χ2v) is 5.59. The largest absolute Gasteiger partial charge is 0.320 e. The first kappa shape index (κ1) is 14.3. The lowest BCUT2D eigenvalue weighted by Gasteiger charge is -2.31. The Morgan fingerprint density at radius 1 is 1.19 bits per heavy atom. The van der Waals surface area contributed by atoms with Crippen LogP contribution in [0.2, 0.25) is 0 Å². The normalized spacial score (nSPS) is 20.4. The highest BCUT2D eigenvalue weighted by Crippen LogP contribution is 2.21. The molecule has 3 rings (SSSR count). The summed E-state index contributed by atoms with van der Waals surface area (Å²) in [6.07, 6.45) is 1.90. The van der Waals surface area contributed by atoms with Crippen molar-refractivity contribution in [2.24, 2.45) is 0 Å². The minimum absolute atomic E-state index is 0.0643. The van der Waals surface area contributed by atoms with E-state index in [9.17, 15) is 13.6 Å². The van der Waals surface area contributed by atoms with Crippen molar-refractivity contribution in [3.8, 4) is 0 Å². The lowest BCUT2D eigenvalue weighted by molar-refractivity contribution is 0.164. The minimum Gasteiger partial charge on any atom is -0.320 e. The molecule has 2 saturated heterocycles. The molecule has 0 bridgehead atoms. The van der Waals surface area contributed by atoms with Crippen LogP contribution in [0.1, 0.15) is 18.4 Å². The van der Waals surface area contributed by atoms with Gasteiger partial charge in [-0.3, -0.25) is 0 Å². The minimum atomic E-state index is -0.866. The first-order valence-corrected chi connectivity index (χ1v) is 7.36. The molecular weight excluding hydrogens is 276 g/mol. The quantitative estimate of drug-likeness (QED) is 0.925. The molecule has 1 aromatic rings. The highest BCUT2D eigenvalue weighted by molar-refractivity contribution is 5.77. The Bertz CT molecular complexity index is 532. The fourth-order valence-corrected chi connectivity index (χ4v) is 3.08. The number of urea groups is 1. The summed E-state index contributed by atoms with van der Waals surface area (Å²) in [5.74, 6) is -1.72. The zero-order valence-corrected chi connectivity index (χ0v) is 11.8. The van der Waals surface area contributed by atoms with Gasteiger partial charge in [0.15, 0.2) is 11.6 Å². The van der Waals surface area contributed by atoms with Crippen LogP contribution in [-0.2, 0) is 6.54 Å². The number of hydrogen-bond acceptors (Lipinski definition) is 2. The summed E-state index contributed by atoms with van der Waals surface area (Å²) < 4.78 is 26.9. The highest BCUT2D eigenvalue weighted by Gasteiger charge is 2.34. The molecule has 0 spiro atoms. The van der Waals surface area contributed by atoms with Gasteiger partial charge < -0.3 is 15.1 Å². The van der Waals surface area contributed by atoms with Gasteiger partial charge in [-0.25, -0.2) is 13.6 Å². The molecule has 0 radical (unpaired) electrons. The van der Waals surface area contributed by atoms with Crippen LogP contribution in [0.3, 0.4) is 0 Å². The summed E-state index contributed by atoms with van der Waals surface area (Å²) in [7, 11) is 0. The van der Waals surface area contributed by atoms with Gasteiger partial charge in [-0.1, -0.05) is 12.1 Å². The van der Waals surface area contributed by atoms with Gasteiger partial charge in [0.25, 0.3) is 0 Å². The van der Waals surface area contributed by atoms with Crippen molar-refractivity contribution in [1.29, 1.82) is 0 Å². The number of rotatable bonds is 3. The third-order valence-corrected chi connectivity index (χ3v) is 4.27. The summed E-state index contributed by atoms with van der Waals surface area (Å²) in [6.45, 7) is 3.21. The Hall–Kier alpha value is -1.69. The van der Waals surface area contributed by atoms with Crippen molar-refractivity contribution in [3.05, 3.63) is 35.4 Å². The maximum atomic E-state index is 13.7. The molecular formula is C15H19F2N3O. The first-order chi connectivity index (χ1) is 10.2. The lowest BCUT2D eigenvalue weighted by atomic mass is 10.1. The molecule has 6 heteroatoms. The Morgan fingerprint density at radius 2 is 1.95 bits per heavy atom. The fourth-order valence-electron chi connectivity index (χ4n) is 3.08. The average Bonchev–Trinajstić information content (AvgIpc) is 2.86. The molecule has 0 aliphatic carbocycles. The van der Waals surface area contributed by atoms with Crippen LogP contribution in [0.15, 0.2) is 18.2 Å². The number of nitrogens with one attached hydrogen (secondary N) is 1. The highest BCUT2D eigenvalue weighted by atomic mass is 19.2. The van der Waals surface area contributed by atoms with Crippen LogP contribution >= 0.6 is 0 Å². The number of carbonyl (C=O) groups is 1. The van der Waals surface area contributed by atoms with E-state index >= 15 is 0 Å². The molecule has 0 atom stereocenters. The van der Waals surface area contributed by atoms with Gasteiger partial charge in [0.2, 0.25) is 0 Å². The SMILES string of the molecule is O=C1N(Cc2cccc(F)c2F)CCN1C1CCNCC1. The van der Waals surface area contributed by atoms with E-state index in [1.807, 2.05) is 4.90 Å². The van der Waals surface area contributed by atoms with Gasteiger partial charge in [-0.2, -0.15) is 0 Å². The Morgan fingerprint density at radius 3 is 2.71 bits per heavy atom. The van der Waals surface area contributed by atoms with Crippen molar-refractivity contribution in [2.75, 3.05) is 26.2 Å². The van der Waals surface area contributed by atoms with E-state index in [1.165, 1.54) is 12.1 Å². The number of halogens is 2. The average molecular weight is 295 g/mol. The number of piperidine rings is 1. The molecule has 0 aromatic heterocycles. The second-order valence-electron chi connectivity index (χ2n) is 5.59. The van der Waals surface area contributed by atoms with Crippen LogP contribution in [0.4, 0.5) is 13.6 Å². The molecule has 2 heterocycles. The van der Waals surface area contributed by atoms with Crippen LogP contribution in [0.5, 0.6) is 0 Å². The number of amides is 2. The van der Waals surface area contributed by atoms with Crippen molar-refractivity contribution < 1.29 is 13.6 Å². The van der Waals surface area contributed by atoms with E-state index in [2.05, 4.69) is 5.32 Å². The maximum absolute atomic E-state index is 13.7. The number of nitrogens with zero attached hydrogens (tertiary/aromatic N) is 2. The molecule has 4 nitrogen and oxygen atoms in total. The van der Waals surface area contributed by atoms with Crippen LogP contribution in [-0.4, -0.2) is 48.1 Å². The molecule has 0 unspecified atom stereocenters. The molecule has 0 saturated carbocycles. The second kappa shape index (κ2) is 5.97. The molecule has 2 aliphatic rings. The third-order valence-electron chi connectivity index (χ3n) is 4.27. The van der Waals surface area contributed by atoms with Gasteiger partial charge >= 0.3 is 6.03 Å². The van der Waals surface area contributed by atoms with E-state index in [1.54, 1.807) is 4.90 Å². The van der Waals surface area contributed by atoms with Gasteiger partial charge in [0.05, 0.1) is 6.54 Å². The summed E-state index contributed by atoms with van der Waals surface area (Å²) in [4.78, 5) is 15.9. The van der Waals surface area contributed by atoms with Gasteiger partial charge in [-0.05, 0) is 32.0 Å². The predicted octanol–water partition coefficient (Wildman–Crippen LogP) is 1.95. The molecule has 114 valence electrons. The molecule has 21 heavy (non-hydrogen) atoms. The number of carbonyl (C=O) groups excluding carboxylic acids is 1. The molecule has 2 amide bonds. The summed E-state index contributed by atoms with van der Waals surface area (Å²) in [5.41, 5.74) is 0.232. The standard InChI is InChI=1S/C15H19F2N3O/c16-13-3-1-2-11(14(13)17)10-19-8-9-20(15(19)21)12-4-6-18-7-5-12/h1-3,12,18H,4-10H2. The third kappa shape index (κ3) is 2.85. The smallest absolute Gasteiger partial charge is 0.320 e. The zero-order chi connectivity index (χ0) is 14.8.